The number of hydrogen-bond acceptors (Lipinski definition) is 9. The van der Waals surface area contributed by atoms with E-state index in [9.17, 15) is 14.4 Å². The molecule has 0 saturated heterocycles. The van der Waals surface area contributed by atoms with Crippen LogP contribution in [0.2, 0.25) is 0 Å². The van der Waals surface area contributed by atoms with Gasteiger partial charge in [0.25, 0.3) is 5.91 Å². The van der Waals surface area contributed by atoms with Gasteiger partial charge in [0.1, 0.15) is 4.88 Å². The normalized spacial score (nSPS) is 10.5. The number of rotatable bonds is 8. The number of aromatic nitrogens is 3. The van der Waals surface area contributed by atoms with Crippen molar-refractivity contribution in [3.63, 3.8) is 0 Å². The minimum absolute atomic E-state index is 0.0457. The lowest BCUT2D eigenvalue weighted by molar-refractivity contribution is -0.116. The molecule has 2 N–H and O–H groups in total. The first-order valence-electron chi connectivity index (χ1n) is 9.48. The summed E-state index contributed by atoms with van der Waals surface area (Å²) in [4.78, 5) is 45.1. The van der Waals surface area contributed by atoms with E-state index < -0.39 is 5.97 Å². The number of carbonyl (C=O) groups excluding carboxylic acids is 3. The highest BCUT2D eigenvalue weighted by atomic mass is 32.1. The van der Waals surface area contributed by atoms with E-state index in [1.165, 1.54) is 7.11 Å². The summed E-state index contributed by atoms with van der Waals surface area (Å²) in [6.07, 6.45) is 0.583. The maximum atomic E-state index is 12.4. The molecule has 10 nitrogen and oxygen atoms in total. The van der Waals surface area contributed by atoms with Crippen molar-refractivity contribution in [3.05, 3.63) is 46.3 Å². The molecule has 2 amide bonds. The average molecular weight is 443 g/mol. The third-order valence-electron chi connectivity index (χ3n) is 4.20. The van der Waals surface area contributed by atoms with Crippen LogP contribution in [-0.2, 0) is 16.0 Å². The van der Waals surface area contributed by atoms with Gasteiger partial charge in [0.05, 0.1) is 12.8 Å². The predicted octanol–water partition coefficient (Wildman–Crippen LogP) is 2.61. The Morgan fingerprint density at radius 2 is 2.03 bits per heavy atom. The predicted molar refractivity (Wildman–Crippen MR) is 113 cm³/mol. The van der Waals surface area contributed by atoms with E-state index >= 15 is 0 Å². The highest BCUT2D eigenvalue weighted by Gasteiger charge is 2.18. The SMILES string of the molecule is CCc1nc(NC(=O)CCNC(=O)c2cccc(-c3noc(C)n3)c2)sc1C(=O)OC. The number of esters is 1. The molecule has 3 aromatic rings. The molecule has 0 radical (unpaired) electrons. The number of nitrogens with one attached hydrogen (secondary N) is 2. The van der Waals surface area contributed by atoms with Crippen molar-refractivity contribution in [2.24, 2.45) is 0 Å². The fourth-order valence-electron chi connectivity index (χ4n) is 2.69. The molecule has 0 bridgehead atoms. The van der Waals surface area contributed by atoms with Gasteiger partial charge in [0.2, 0.25) is 17.6 Å². The summed E-state index contributed by atoms with van der Waals surface area (Å²) in [6.45, 7) is 3.67. The standard InChI is InChI=1S/C20H21N5O5S/c1-4-14-16(19(28)29-3)31-20(23-14)24-15(26)8-9-21-18(27)13-7-5-6-12(10-13)17-22-11(2)30-25-17/h5-7,10H,4,8-9H2,1-3H3,(H,21,27)(H,23,24,26). The van der Waals surface area contributed by atoms with Gasteiger partial charge in [-0.1, -0.05) is 35.5 Å². The minimum Gasteiger partial charge on any atom is -0.465 e. The molecule has 0 unspecified atom stereocenters. The summed E-state index contributed by atoms with van der Waals surface area (Å²) in [7, 11) is 1.29. The summed E-state index contributed by atoms with van der Waals surface area (Å²) in [6, 6.07) is 6.79. The Kier molecular flexibility index (Phi) is 7.08. The van der Waals surface area contributed by atoms with Crippen molar-refractivity contribution in [2.45, 2.75) is 26.7 Å². The van der Waals surface area contributed by atoms with Gasteiger partial charge in [0.15, 0.2) is 5.13 Å². The maximum absolute atomic E-state index is 12.4. The molecular weight excluding hydrogens is 422 g/mol. The number of nitrogens with zero attached hydrogens (tertiary/aromatic N) is 3. The number of anilines is 1. The number of methoxy groups -OCH3 is 1. The average Bonchev–Trinajstić information content (AvgIpc) is 3.39. The van der Waals surface area contributed by atoms with Crippen LogP contribution in [0.15, 0.2) is 28.8 Å². The molecule has 0 spiro atoms. The molecule has 0 aliphatic heterocycles. The van der Waals surface area contributed by atoms with Crippen molar-refractivity contribution in [2.75, 3.05) is 19.0 Å². The molecule has 0 saturated carbocycles. The van der Waals surface area contributed by atoms with Gasteiger partial charge in [-0.25, -0.2) is 9.78 Å². The second kappa shape index (κ2) is 9.94. The zero-order valence-corrected chi connectivity index (χ0v) is 18.0. The van der Waals surface area contributed by atoms with Crippen molar-refractivity contribution in [3.8, 4) is 11.4 Å². The number of hydrogen-bond donors (Lipinski definition) is 2. The lowest BCUT2D eigenvalue weighted by atomic mass is 10.1. The molecule has 3 rings (SSSR count). The van der Waals surface area contributed by atoms with Crippen molar-refractivity contribution in [1.29, 1.82) is 0 Å². The molecule has 0 atom stereocenters. The molecule has 0 fully saturated rings. The summed E-state index contributed by atoms with van der Waals surface area (Å²) in [5.74, 6) is -0.316. The van der Waals surface area contributed by atoms with Crippen LogP contribution >= 0.6 is 11.3 Å². The summed E-state index contributed by atoms with van der Waals surface area (Å²) in [5, 5.41) is 9.50. The van der Waals surface area contributed by atoms with E-state index in [1.807, 2.05) is 6.92 Å². The highest BCUT2D eigenvalue weighted by molar-refractivity contribution is 7.17. The Morgan fingerprint density at radius 1 is 1.23 bits per heavy atom. The Hall–Kier alpha value is -3.60. The Labute approximate surface area is 182 Å². The van der Waals surface area contributed by atoms with Crippen LogP contribution in [0.3, 0.4) is 0 Å². The zero-order chi connectivity index (χ0) is 22.4. The Balaban J connectivity index is 1.53. The van der Waals surface area contributed by atoms with Crippen LogP contribution in [-0.4, -0.2) is 46.6 Å². The minimum atomic E-state index is -0.486. The summed E-state index contributed by atoms with van der Waals surface area (Å²) < 4.78 is 9.69. The topological polar surface area (TPSA) is 136 Å². The third-order valence-corrected chi connectivity index (χ3v) is 5.19. The molecule has 1 aromatic carbocycles. The van der Waals surface area contributed by atoms with Crippen LogP contribution in [0.5, 0.6) is 0 Å². The van der Waals surface area contributed by atoms with E-state index in [0.717, 1.165) is 11.3 Å². The van der Waals surface area contributed by atoms with Crippen molar-refractivity contribution < 1.29 is 23.6 Å². The maximum Gasteiger partial charge on any atom is 0.350 e. The molecule has 0 aliphatic rings. The number of thiazole rings is 1. The van der Waals surface area contributed by atoms with E-state index in [1.54, 1.807) is 31.2 Å². The van der Waals surface area contributed by atoms with Gasteiger partial charge in [-0.3, -0.25) is 9.59 Å². The van der Waals surface area contributed by atoms with Gasteiger partial charge < -0.3 is 19.9 Å². The monoisotopic (exact) mass is 443 g/mol. The lowest BCUT2D eigenvalue weighted by Gasteiger charge is -2.06. The van der Waals surface area contributed by atoms with E-state index in [0.29, 0.717) is 45.0 Å². The van der Waals surface area contributed by atoms with Gasteiger partial charge in [-0.05, 0) is 18.6 Å². The highest BCUT2D eigenvalue weighted by Crippen LogP contribution is 2.24. The van der Waals surface area contributed by atoms with Gasteiger partial charge in [-0.15, -0.1) is 0 Å². The van der Waals surface area contributed by atoms with Crippen LogP contribution in [0.25, 0.3) is 11.4 Å². The number of amides is 2. The van der Waals surface area contributed by atoms with Crippen molar-refractivity contribution >= 4 is 34.3 Å². The molecular formula is C20H21N5O5S. The Bertz CT molecular complexity index is 1110. The molecule has 2 aromatic heterocycles. The van der Waals surface area contributed by atoms with Gasteiger partial charge in [0, 0.05) is 31.0 Å². The smallest absolute Gasteiger partial charge is 0.350 e. The van der Waals surface area contributed by atoms with Crippen LogP contribution < -0.4 is 10.6 Å². The zero-order valence-electron chi connectivity index (χ0n) is 17.2. The quantitative estimate of drug-likeness (QED) is 0.507. The molecule has 2 heterocycles. The first-order chi connectivity index (χ1) is 14.9. The van der Waals surface area contributed by atoms with Crippen LogP contribution in [0.1, 0.15) is 45.0 Å². The fraction of sp³-hybridized carbons (Fsp3) is 0.300. The first-order valence-corrected chi connectivity index (χ1v) is 10.3. The molecule has 11 heteroatoms. The van der Waals surface area contributed by atoms with E-state index in [2.05, 4.69) is 25.8 Å². The second-order valence-corrected chi connectivity index (χ2v) is 7.41. The van der Waals surface area contributed by atoms with E-state index in [4.69, 9.17) is 9.26 Å². The largest absolute Gasteiger partial charge is 0.465 e. The first kappa shape index (κ1) is 22.1. The fourth-order valence-corrected chi connectivity index (χ4v) is 3.67. The molecule has 31 heavy (non-hydrogen) atoms. The van der Waals surface area contributed by atoms with Gasteiger partial charge >= 0.3 is 5.97 Å². The van der Waals surface area contributed by atoms with E-state index in [-0.39, 0.29) is 24.8 Å². The Morgan fingerprint density at radius 3 is 2.71 bits per heavy atom. The third kappa shape index (κ3) is 5.51. The molecule has 162 valence electrons. The van der Waals surface area contributed by atoms with Gasteiger partial charge in [-0.2, -0.15) is 4.98 Å². The number of carbonyl (C=O) groups is 3. The second-order valence-electron chi connectivity index (χ2n) is 6.41. The summed E-state index contributed by atoms with van der Waals surface area (Å²) >= 11 is 1.06. The van der Waals surface area contributed by atoms with Crippen LogP contribution in [0, 0.1) is 6.92 Å². The number of aryl methyl sites for hydroxylation is 2. The number of benzene rings is 1. The van der Waals surface area contributed by atoms with Crippen LogP contribution in [0.4, 0.5) is 5.13 Å². The van der Waals surface area contributed by atoms with Crippen molar-refractivity contribution in [1.82, 2.24) is 20.4 Å². The molecule has 0 aliphatic carbocycles. The number of ether oxygens (including phenoxy) is 1. The summed E-state index contributed by atoms with van der Waals surface area (Å²) in [5.41, 5.74) is 1.63. The lowest BCUT2D eigenvalue weighted by Crippen LogP contribution is -2.27.